The van der Waals surface area contributed by atoms with E-state index in [1.165, 1.54) is 0 Å². The lowest BCUT2D eigenvalue weighted by molar-refractivity contribution is -0.121. The van der Waals surface area contributed by atoms with Gasteiger partial charge in [-0.3, -0.25) is 4.79 Å². The number of carbonyl (C=O) groups is 1. The first-order valence-corrected chi connectivity index (χ1v) is 6.70. The highest BCUT2D eigenvalue weighted by atomic mass is 32.1. The topological polar surface area (TPSA) is 82.6 Å². The average molecular weight is 272 g/mol. The first-order chi connectivity index (χ1) is 8.72. The summed E-state index contributed by atoms with van der Waals surface area (Å²) in [5.41, 5.74) is 0. The highest BCUT2D eigenvalue weighted by Gasteiger charge is 2.11. The number of thiocarbonyl (C=S) groups is 1. The van der Waals surface area contributed by atoms with Gasteiger partial charge in [0.15, 0.2) is 0 Å². The molecule has 1 amide bonds. The fraction of sp³-hybridized carbons (Fsp3) is 0.818. The van der Waals surface area contributed by atoms with E-state index in [4.69, 9.17) is 0 Å². The van der Waals surface area contributed by atoms with Crippen LogP contribution in [0, 0.1) is 4.91 Å². The molecule has 1 heterocycles. The lowest BCUT2D eigenvalue weighted by atomic mass is 10.1. The van der Waals surface area contributed by atoms with Gasteiger partial charge in [-0.25, -0.2) is 0 Å². The fourth-order valence-electron chi connectivity index (χ4n) is 1.84. The van der Waals surface area contributed by atoms with Crippen LogP contribution < -0.4 is 16.0 Å². The van der Waals surface area contributed by atoms with Crippen molar-refractivity contribution in [1.29, 1.82) is 0 Å². The smallest absolute Gasteiger partial charge is 0.220 e. The maximum Gasteiger partial charge on any atom is 0.220 e. The van der Waals surface area contributed by atoms with Crippen LogP contribution in [0.3, 0.4) is 0 Å². The first-order valence-electron chi connectivity index (χ1n) is 6.29. The third kappa shape index (κ3) is 6.73. The number of nitrogens with zero attached hydrogens (tertiary/aromatic N) is 1. The number of hydrogen-bond acceptors (Lipinski definition) is 5. The van der Waals surface area contributed by atoms with Crippen LogP contribution in [0.5, 0.6) is 0 Å². The Hall–Kier alpha value is -0.920. The molecule has 0 bridgehead atoms. The molecule has 6 nitrogen and oxygen atoms in total. The van der Waals surface area contributed by atoms with Crippen LogP contribution in [0.25, 0.3) is 0 Å². The molecule has 1 fully saturated rings. The highest BCUT2D eigenvalue weighted by Crippen LogP contribution is 1.99. The van der Waals surface area contributed by atoms with E-state index >= 15 is 0 Å². The van der Waals surface area contributed by atoms with E-state index in [2.05, 4.69) is 33.3 Å². The summed E-state index contributed by atoms with van der Waals surface area (Å²) in [5.74, 6) is 0.00691. The molecule has 0 aliphatic carbocycles. The Labute approximate surface area is 112 Å². The van der Waals surface area contributed by atoms with Crippen molar-refractivity contribution in [2.24, 2.45) is 5.18 Å². The molecule has 1 atom stereocenters. The maximum atomic E-state index is 11.5. The van der Waals surface area contributed by atoms with Crippen molar-refractivity contribution in [3.05, 3.63) is 4.91 Å². The summed E-state index contributed by atoms with van der Waals surface area (Å²) in [4.78, 5) is 21.6. The van der Waals surface area contributed by atoms with Gasteiger partial charge in [0.25, 0.3) is 0 Å². The molecule has 18 heavy (non-hydrogen) atoms. The summed E-state index contributed by atoms with van der Waals surface area (Å²) >= 11 is 4.65. The van der Waals surface area contributed by atoms with Gasteiger partial charge in [-0.2, -0.15) is 0 Å². The van der Waals surface area contributed by atoms with Crippen LogP contribution in [0.4, 0.5) is 0 Å². The molecule has 1 aliphatic heterocycles. The number of hydrogen-bond donors (Lipinski definition) is 3. The molecule has 1 aliphatic rings. The van der Waals surface area contributed by atoms with E-state index in [0.29, 0.717) is 31.8 Å². The van der Waals surface area contributed by atoms with Crippen molar-refractivity contribution in [2.45, 2.75) is 31.7 Å². The van der Waals surface area contributed by atoms with Crippen molar-refractivity contribution in [3.8, 4) is 0 Å². The number of carbonyl (C=O) groups excluding carboxylic acids is 1. The molecule has 0 saturated carbocycles. The standard InChI is InChI=1S/C11H20N4O2S/c16-10(2-1-3-11(18)15-17)14-5-4-9-8-12-6-7-13-9/h9,12-13H,1-8H2,(H,14,16). The Morgan fingerprint density at radius 2 is 2.22 bits per heavy atom. The zero-order valence-corrected chi connectivity index (χ0v) is 11.2. The van der Waals surface area contributed by atoms with Crippen molar-refractivity contribution in [1.82, 2.24) is 16.0 Å². The number of rotatable bonds is 7. The Kier molecular flexibility index (Phi) is 7.63. The van der Waals surface area contributed by atoms with E-state index in [1.54, 1.807) is 0 Å². The van der Waals surface area contributed by atoms with Crippen LogP contribution in [-0.4, -0.2) is 43.1 Å². The van der Waals surface area contributed by atoms with Crippen LogP contribution in [0.15, 0.2) is 5.18 Å². The van der Waals surface area contributed by atoms with Crippen molar-refractivity contribution < 1.29 is 4.79 Å². The van der Waals surface area contributed by atoms with Gasteiger partial charge in [-0.15, -0.1) is 4.91 Å². The van der Waals surface area contributed by atoms with E-state index in [-0.39, 0.29) is 10.9 Å². The van der Waals surface area contributed by atoms with E-state index in [1.807, 2.05) is 0 Å². The Bertz CT molecular complexity index is 293. The second-order valence-corrected chi connectivity index (χ2v) is 4.80. The van der Waals surface area contributed by atoms with E-state index < -0.39 is 0 Å². The Balaban J connectivity index is 1.99. The number of nitroso groups, excluding NO2 is 1. The normalized spacial score (nSPS) is 19.2. The van der Waals surface area contributed by atoms with Crippen molar-refractivity contribution in [2.75, 3.05) is 26.2 Å². The van der Waals surface area contributed by atoms with Gasteiger partial charge in [0, 0.05) is 45.1 Å². The zero-order chi connectivity index (χ0) is 13.2. The number of amides is 1. The molecule has 102 valence electrons. The molecule has 1 rings (SSSR count). The largest absolute Gasteiger partial charge is 0.356 e. The summed E-state index contributed by atoms with van der Waals surface area (Å²) in [6.07, 6.45) is 2.32. The number of piperazine rings is 1. The molecule has 7 heteroatoms. The Morgan fingerprint density at radius 1 is 1.39 bits per heavy atom. The zero-order valence-electron chi connectivity index (χ0n) is 10.4. The second kappa shape index (κ2) is 9.07. The SMILES string of the molecule is O=NC(=S)CCCC(=O)NCCC1CNCCN1. The summed E-state index contributed by atoms with van der Waals surface area (Å²) in [5, 5.41) is 12.2. The Morgan fingerprint density at radius 3 is 2.89 bits per heavy atom. The van der Waals surface area contributed by atoms with Gasteiger partial charge in [-0.1, -0.05) is 12.2 Å². The molecule has 3 N–H and O–H groups in total. The van der Waals surface area contributed by atoms with Gasteiger partial charge < -0.3 is 16.0 Å². The van der Waals surface area contributed by atoms with Gasteiger partial charge in [-0.05, 0) is 18.0 Å². The van der Waals surface area contributed by atoms with Crippen LogP contribution >= 0.6 is 12.2 Å². The second-order valence-electron chi connectivity index (χ2n) is 4.33. The van der Waals surface area contributed by atoms with Gasteiger partial charge in [0.05, 0.1) is 0 Å². The predicted molar refractivity (Wildman–Crippen MR) is 74.5 cm³/mol. The highest BCUT2D eigenvalue weighted by molar-refractivity contribution is 7.80. The van der Waals surface area contributed by atoms with Gasteiger partial charge >= 0.3 is 0 Å². The molecule has 0 aromatic heterocycles. The number of nitrogens with one attached hydrogen (secondary N) is 3. The van der Waals surface area contributed by atoms with Crippen molar-refractivity contribution >= 4 is 23.1 Å². The summed E-state index contributed by atoms with van der Waals surface area (Å²) in [7, 11) is 0. The summed E-state index contributed by atoms with van der Waals surface area (Å²) < 4.78 is 0. The van der Waals surface area contributed by atoms with E-state index in [9.17, 15) is 9.70 Å². The third-order valence-corrected chi connectivity index (χ3v) is 3.12. The third-order valence-electron chi connectivity index (χ3n) is 2.84. The molecule has 0 aromatic carbocycles. The predicted octanol–water partition coefficient (Wildman–Crippen LogP) is 0.318. The molecule has 1 saturated heterocycles. The maximum absolute atomic E-state index is 11.5. The minimum atomic E-state index is 0.00691. The lowest BCUT2D eigenvalue weighted by Gasteiger charge is -2.24. The molecule has 1 unspecified atom stereocenters. The molecule has 0 radical (unpaired) electrons. The molecular weight excluding hydrogens is 252 g/mol. The van der Waals surface area contributed by atoms with Crippen LogP contribution in [-0.2, 0) is 4.79 Å². The molecule has 0 spiro atoms. The minimum absolute atomic E-state index is 0.00691. The fourth-order valence-corrected chi connectivity index (χ4v) is 1.98. The van der Waals surface area contributed by atoms with Gasteiger partial charge in [0.1, 0.15) is 4.99 Å². The van der Waals surface area contributed by atoms with E-state index in [0.717, 1.165) is 26.1 Å². The summed E-state index contributed by atoms with van der Waals surface area (Å²) in [6, 6.07) is 0.436. The molecular formula is C11H20N4O2S. The first kappa shape index (κ1) is 15.1. The monoisotopic (exact) mass is 272 g/mol. The van der Waals surface area contributed by atoms with Crippen molar-refractivity contribution in [3.63, 3.8) is 0 Å². The lowest BCUT2D eigenvalue weighted by Crippen LogP contribution is -2.49. The molecule has 0 aromatic rings. The van der Waals surface area contributed by atoms with Crippen LogP contribution in [0.1, 0.15) is 25.7 Å². The minimum Gasteiger partial charge on any atom is -0.356 e. The quantitative estimate of drug-likeness (QED) is 0.459. The summed E-state index contributed by atoms with van der Waals surface area (Å²) in [6.45, 7) is 3.62. The van der Waals surface area contributed by atoms with Crippen LogP contribution in [0.2, 0.25) is 0 Å². The van der Waals surface area contributed by atoms with Gasteiger partial charge in [0.2, 0.25) is 5.91 Å². The average Bonchev–Trinajstić information content (AvgIpc) is 2.39.